The molecule has 2 saturated heterocycles. The molecule has 9 nitrogen and oxygen atoms in total. The van der Waals surface area contributed by atoms with Crippen molar-refractivity contribution in [1.29, 1.82) is 0 Å². The quantitative estimate of drug-likeness (QED) is 0.315. The summed E-state index contributed by atoms with van der Waals surface area (Å²) in [7, 11) is 0. The fourth-order valence-electron chi connectivity index (χ4n) is 11.9. The number of amides is 2. The van der Waals surface area contributed by atoms with E-state index < -0.39 is 17.4 Å². The first-order valence-electron chi connectivity index (χ1n) is 20.4. The van der Waals surface area contributed by atoms with Crippen LogP contribution < -0.4 is 15.4 Å². The highest BCUT2D eigenvalue weighted by Crippen LogP contribution is 2.58. The van der Waals surface area contributed by atoms with E-state index in [0.29, 0.717) is 48.6 Å². The molecule has 9 rings (SSSR count). The second-order valence-corrected chi connectivity index (χ2v) is 20.2. The summed E-state index contributed by atoms with van der Waals surface area (Å²) in [5.41, 5.74) is 3.33. The molecule has 0 radical (unpaired) electrons. The number of rotatable bonds is 4. The third-order valence-electron chi connectivity index (χ3n) is 14.8. The summed E-state index contributed by atoms with van der Waals surface area (Å²) in [4.78, 5) is 54.5. The molecule has 7 aliphatic rings. The minimum absolute atomic E-state index is 0.0236. The molecule has 288 valence electrons. The highest BCUT2D eigenvalue weighted by molar-refractivity contribution is 5.97. The van der Waals surface area contributed by atoms with Crippen LogP contribution in [-0.4, -0.2) is 49.1 Å². The Balaban J connectivity index is 1.08. The van der Waals surface area contributed by atoms with Crippen LogP contribution in [0.2, 0.25) is 0 Å². The van der Waals surface area contributed by atoms with Crippen molar-refractivity contribution in [3.05, 3.63) is 57.6 Å². The van der Waals surface area contributed by atoms with Gasteiger partial charge in [-0.25, -0.2) is 9.59 Å². The van der Waals surface area contributed by atoms with Gasteiger partial charge in [0.05, 0.1) is 0 Å². The van der Waals surface area contributed by atoms with Gasteiger partial charge >= 0.3 is 11.9 Å². The van der Waals surface area contributed by atoms with Crippen LogP contribution in [-0.2, 0) is 35.3 Å². The third kappa shape index (κ3) is 5.44. The van der Waals surface area contributed by atoms with Gasteiger partial charge in [-0.2, -0.15) is 0 Å². The van der Waals surface area contributed by atoms with Gasteiger partial charge in [0, 0.05) is 41.5 Å². The molecule has 3 heterocycles. The van der Waals surface area contributed by atoms with Crippen LogP contribution in [0.3, 0.4) is 0 Å². The first kappa shape index (κ1) is 35.8. The third-order valence-corrected chi connectivity index (χ3v) is 14.8. The normalized spacial score (nSPS) is 34.1. The van der Waals surface area contributed by atoms with Crippen molar-refractivity contribution in [3.8, 4) is 11.5 Å². The average molecular weight is 737 g/mol. The zero-order chi connectivity index (χ0) is 38.2. The minimum atomic E-state index is -0.639. The highest BCUT2D eigenvalue weighted by Gasteiger charge is 2.59. The summed E-state index contributed by atoms with van der Waals surface area (Å²) >= 11 is 0. The van der Waals surface area contributed by atoms with Crippen LogP contribution >= 0.6 is 0 Å². The molecule has 3 aliphatic heterocycles. The van der Waals surface area contributed by atoms with Crippen LogP contribution in [0.4, 0.5) is 0 Å². The maximum atomic E-state index is 14.5. The second kappa shape index (κ2) is 12.1. The number of hydrogen-bond acceptors (Lipinski definition) is 7. The number of esters is 2. The fraction of sp³-hybridized carbons (Fsp3) is 0.644. The Morgan fingerprint density at radius 2 is 1.06 bits per heavy atom. The van der Waals surface area contributed by atoms with E-state index in [2.05, 4.69) is 78.2 Å². The summed E-state index contributed by atoms with van der Waals surface area (Å²) in [6, 6.07) is 8.15. The SMILES string of the molecule is CC(C)(C)c1cc(C(=O)O[C@@H]2C[C@H]3C[C@@H]2[C@@H]2CCNC(=O)[C@H]32)c2c(c1)C(C)(C)c1cc(C(C)(C)C)cc(C(=O)O[C@@H]3C[C@H]4C[C@@H]3[C@@H]3CCNC(=O)[C@H]43)c1O2. The van der Waals surface area contributed by atoms with Gasteiger partial charge in [0.2, 0.25) is 11.8 Å². The lowest BCUT2D eigenvalue weighted by Crippen LogP contribution is -2.47. The van der Waals surface area contributed by atoms with Gasteiger partial charge in [0.15, 0.2) is 0 Å². The zero-order valence-electron chi connectivity index (χ0n) is 33.1. The predicted molar refractivity (Wildman–Crippen MR) is 203 cm³/mol. The van der Waals surface area contributed by atoms with Crippen LogP contribution in [0.1, 0.15) is 137 Å². The molecule has 2 amide bonds. The van der Waals surface area contributed by atoms with E-state index in [-0.39, 0.29) is 82.2 Å². The molecule has 9 heteroatoms. The van der Waals surface area contributed by atoms with E-state index in [1.807, 2.05) is 12.1 Å². The molecule has 2 aromatic carbocycles. The van der Waals surface area contributed by atoms with E-state index in [1.54, 1.807) is 0 Å². The molecule has 2 aromatic rings. The minimum Gasteiger partial charge on any atom is -0.458 e. The van der Waals surface area contributed by atoms with E-state index in [9.17, 15) is 19.2 Å². The molecule has 0 spiro atoms. The second-order valence-electron chi connectivity index (χ2n) is 20.2. The van der Waals surface area contributed by atoms with E-state index >= 15 is 0 Å². The maximum Gasteiger partial charge on any atom is 0.342 e. The Morgan fingerprint density at radius 1 is 0.648 bits per heavy atom. The Hall–Kier alpha value is -3.88. The fourth-order valence-corrected chi connectivity index (χ4v) is 11.9. The summed E-state index contributed by atoms with van der Waals surface area (Å²) in [5.74, 6) is 1.67. The molecule has 10 atom stereocenters. The molecule has 4 saturated carbocycles. The standard InChI is InChI=1S/C45H56N2O7/c1-43(2,3)23-17-29(41(50)52-33-15-21-13-27(33)25-9-11-46-39(48)35(21)25)37-31(19-23)45(7,8)32-20-24(44(4,5)6)18-30(38(32)54-37)42(51)53-34-16-22-14-28(34)26-10-12-47-40(49)36(22)26/h17-22,25-28,33-36H,9-16H2,1-8H3,(H,46,48)(H,47,49)/t21-,22-,25+,26+,27-,28-,33-,34-,35-,36-/m1/s1. The van der Waals surface area contributed by atoms with Crippen molar-refractivity contribution in [2.45, 2.75) is 122 Å². The first-order valence-corrected chi connectivity index (χ1v) is 20.4. The number of carbonyl (C=O) groups is 4. The van der Waals surface area contributed by atoms with Crippen LogP contribution in [0.25, 0.3) is 0 Å². The van der Waals surface area contributed by atoms with E-state index in [0.717, 1.165) is 47.9 Å². The molecule has 6 fully saturated rings. The number of benzene rings is 2. The van der Waals surface area contributed by atoms with Crippen molar-refractivity contribution < 1.29 is 33.4 Å². The molecular weight excluding hydrogens is 681 g/mol. The van der Waals surface area contributed by atoms with E-state index in [4.69, 9.17) is 14.2 Å². The Labute approximate surface area is 319 Å². The predicted octanol–water partition coefficient (Wildman–Crippen LogP) is 7.35. The van der Waals surface area contributed by atoms with Crippen LogP contribution in [0, 0.1) is 47.3 Å². The molecule has 0 aromatic heterocycles. The first-order chi connectivity index (χ1) is 25.4. The maximum absolute atomic E-state index is 14.5. The van der Waals surface area contributed by atoms with Crippen molar-refractivity contribution >= 4 is 23.8 Å². The average Bonchev–Trinajstić information content (AvgIpc) is 3.88. The summed E-state index contributed by atoms with van der Waals surface area (Å²) in [6.07, 6.45) is 4.57. The number of piperidine rings is 2. The Morgan fingerprint density at radius 3 is 1.44 bits per heavy atom. The lowest BCUT2D eigenvalue weighted by Gasteiger charge is -2.40. The number of carbonyl (C=O) groups excluding carboxylic acids is 4. The van der Waals surface area contributed by atoms with Gasteiger partial charge in [0.1, 0.15) is 34.8 Å². The monoisotopic (exact) mass is 736 g/mol. The number of fused-ring (bicyclic) bond motifs is 12. The van der Waals surface area contributed by atoms with Crippen molar-refractivity contribution in [2.24, 2.45) is 47.3 Å². The summed E-state index contributed by atoms with van der Waals surface area (Å²) < 4.78 is 19.8. The van der Waals surface area contributed by atoms with Gasteiger partial charge in [0.25, 0.3) is 0 Å². The molecule has 0 unspecified atom stereocenters. The number of nitrogens with one attached hydrogen (secondary N) is 2. The largest absolute Gasteiger partial charge is 0.458 e. The molecule has 2 N–H and O–H groups in total. The molecular formula is C45H56N2O7. The molecule has 4 bridgehead atoms. The molecule has 54 heavy (non-hydrogen) atoms. The van der Waals surface area contributed by atoms with Gasteiger partial charge in [-0.15, -0.1) is 0 Å². The van der Waals surface area contributed by atoms with Gasteiger partial charge < -0.3 is 24.8 Å². The lowest BCUT2D eigenvalue weighted by molar-refractivity contribution is -0.133. The Bertz CT molecular complexity index is 1830. The zero-order valence-corrected chi connectivity index (χ0v) is 33.1. The van der Waals surface area contributed by atoms with Crippen molar-refractivity contribution in [1.82, 2.24) is 10.6 Å². The number of hydrogen-bond donors (Lipinski definition) is 2. The summed E-state index contributed by atoms with van der Waals surface area (Å²) in [6.45, 7) is 18.5. The van der Waals surface area contributed by atoms with E-state index in [1.165, 1.54) is 0 Å². The Kier molecular flexibility index (Phi) is 7.99. The highest BCUT2D eigenvalue weighted by atomic mass is 16.6. The van der Waals surface area contributed by atoms with Gasteiger partial charge in [-0.1, -0.05) is 67.5 Å². The number of ether oxygens (including phenoxy) is 3. The van der Waals surface area contributed by atoms with Gasteiger partial charge in [-0.3, -0.25) is 9.59 Å². The summed E-state index contributed by atoms with van der Waals surface area (Å²) in [5, 5.41) is 6.09. The smallest absolute Gasteiger partial charge is 0.342 e. The topological polar surface area (TPSA) is 120 Å². The van der Waals surface area contributed by atoms with Crippen LogP contribution in [0.15, 0.2) is 24.3 Å². The lowest BCUT2D eigenvalue weighted by atomic mass is 9.70. The molecule has 4 aliphatic carbocycles. The van der Waals surface area contributed by atoms with Gasteiger partial charge in [-0.05, 0) is 108 Å². The van der Waals surface area contributed by atoms with Crippen LogP contribution in [0.5, 0.6) is 11.5 Å². The van der Waals surface area contributed by atoms with Crippen molar-refractivity contribution in [3.63, 3.8) is 0 Å². The van der Waals surface area contributed by atoms with Crippen molar-refractivity contribution in [2.75, 3.05) is 13.1 Å².